The van der Waals surface area contributed by atoms with Crippen molar-refractivity contribution in [3.63, 3.8) is 0 Å². The number of anilines is 1. The van der Waals surface area contributed by atoms with Gasteiger partial charge in [-0.1, -0.05) is 0 Å². The molecular formula is C19H16N5O3+. The molecule has 0 radical (unpaired) electrons. The van der Waals surface area contributed by atoms with Crippen molar-refractivity contribution in [2.75, 3.05) is 5.32 Å². The van der Waals surface area contributed by atoms with E-state index in [2.05, 4.69) is 21.6 Å². The van der Waals surface area contributed by atoms with Crippen LogP contribution in [0.5, 0.6) is 0 Å². The van der Waals surface area contributed by atoms with E-state index in [0.717, 1.165) is 11.3 Å². The van der Waals surface area contributed by atoms with Crippen LogP contribution >= 0.6 is 0 Å². The monoisotopic (exact) mass is 362 g/mol. The quantitative estimate of drug-likeness (QED) is 0.540. The maximum atomic E-state index is 11.3. The molecule has 8 nitrogen and oxygen atoms in total. The fourth-order valence-corrected chi connectivity index (χ4v) is 2.80. The molecule has 0 atom stereocenters. The molecule has 2 N–H and O–H groups in total. The van der Waals surface area contributed by atoms with Gasteiger partial charge in [0.05, 0.1) is 16.8 Å². The molecule has 0 saturated heterocycles. The van der Waals surface area contributed by atoms with Crippen LogP contribution in [0, 0.1) is 11.3 Å². The molecular weight excluding hydrogens is 346 g/mol. The number of rotatable bonds is 4. The maximum Gasteiger partial charge on any atom is 0.417 e. The number of nitrogens with zero attached hydrogens (tertiary/aromatic N) is 3. The number of hydrogen-bond donors (Lipinski definition) is 2. The summed E-state index contributed by atoms with van der Waals surface area (Å²) < 4.78 is 12.0. The summed E-state index contributed by atoms with van der Waals surface area (Å²) in [5, 5.41) is 16.7. The molecule has 2 heterocycles. The average molecular weight is 362 g/mol. The molecule has 2 aromatic heterocycles. The molecule has 0 spiro atoms. The predicted octanol–water partition coefficient (Wildman–Crippen LogP) is 2.74. The summed E-state index contributed by atoms with van der Waals surface area (Å²) in [5.74, 6) is 0.00972. The van der Waals surface area contributed by atoms with Gasteiger partial charge in [-0.25, -0.2) is 4.79 Å². The Labute approximate surface area is 153 Å². The van der Waals surface area contributed by atoms with Crippen molar-refractivity contribution in [2.24, 2.45) is 0 Å². The van der Waals surface area contributed by atoms with Crippen LogP contribution in [0.4, 0.5) is 5.69 Å². The van der Waals surface area contributed by atoms with Crippen LogP contribution in [0.25, 0.3) is 28.1 Å². The van der Waals surface area contributed by atoms with Crippen molar-refractivity contribution in [1.82, 2.24) is 10.3 Å². The number of aromatic amines is 1. The van der Waals surface area contributed by atoms with E-state index in [0.29, 0.717) is 28.1 Å². The molecule has 0 aliphatic carbocycles. The third-order valence-electron chi connectivity index (χ3n) is 4.00. The molecule has 0 amide bonds. The molecule has 0 aliphatic rings. The molecule has 0 fully saturated rings. The Morgan fingerprint density at radius 3 is 2.89 bits per heavy atom. The number of H-pyrrole nitrogens is 1. The van der Waals surface area contributed by atoms with E-state index in [9.17, 15) is 10.1 Å². The van der Waals surface area contributed by atoms with Crippen molar-refractivity contribution in [3.8, 4) is 23.1 Å². The number of aromatic nitrogens is 3. The van der Waals surface area contributed by atoms with Gasteiger partial charge in [-0.15, -0.1) is 0 Å². The molecule has 4 aromatic rings. The standard InChI is InChI=1S/C19H15N5O3/c1-11(2)21-15-5-3-12(7-13(15)9-20)18-10-24(23-27-18)14-4-6-17-16(8-14)22-19(25)26-17/h3-8,10-11H,1-2H3,(H-,21,22,23,25)/p+1. The number of fused-ring (bicyclic) bond motifs is 1. The van der Waals surface area contributed by atoms with Gasteiger partial charge in [0.25, 0.3) is 6.20 Å². The summed E-state index contributed by atoms with van der Waals surface area (Å²) in [4.78, 5) is 13.9. The first-order valence-electron chi connectivity index (χ1n) is 8.36. The smallest absolute Gasteiger partial charge is 0.408 e. The van der Waals surface area contributed by atoms with Crippen LogP contribution in [0.1, 0.15) is 19.4 Å². The van der Waals surface area contributed by atoms with Crippen LogP contribution in [-0.4, -0.2) is 16.3 Å². The molecule has 0 saturated carbocycles. The molecule has 4 rings (SSSR count). The number of benzene rings is 2. The van der Waals surface area contributed by atoms with E-state index in [1.807, 2.05) is 26.0 Å². The third kappa shape index (κ3) is 3.18. The van der Waals surface area contributed by atoms with Gasteiger partial charge in [0.2, 0.25) is 16.7 Å². The lowest BCUT2D eigenvalue weighted by Crippen LogP contribution is -2.31. The minimum Gasteiger partial charge on any atom is -0.408 e. The minimum absolute atomic E-state index is 0.222. The Hall–Kier alpha value is -3.86. The van der Waals surface area contributed by atoms with Gasteiger partial charge in [-0.2, -0.15) is 5.26 Å². The number of oxazole rings is 1. The second kappa shape index (κ2) is 6.46. The summed E-state index contributed by atoms with van der Waals surface area (Å²) in [6.07, 6.45) is 1.71. The average Bonchev–Trinajstić information content (AvgIpc) is 3.26. The Morgan fingerprint density at radius 2 is 2.11 bits per heavy atom. The summed E-state index contributed by atoms with van der Waals surface area (Å²) in [6, 6.07) is 13.1. The Bertz CT molecular complexity index is 1230. The number of nitrogens with one attached hydrogen (secondary N) is 2. The topological polar surface area (TPSA) is 112 Å². The molecule has 0 bridgehead atoms. The van der Waals surface area contributed by atoms with Crippen LogP contribution in [0.2, 0.25) is 0 Å². The van der Waals surface area contributed by atoms with Crippen molar-refractivity contribution in [2.45, 2.75) is 19.9 Å². The van der Waals surface area contributed by atoms with Gasteiger partial charge in [0.1, 0.15) is 6.07 Å². The Kier molecular flexibility index (Phi) is 3.97. The first-order valence-corrected chi connectivity index (χ1v) is 8.36. The van der Waals surface area contributed by atoms with Crippen molar-refractivity contribution in [1.29, 1.82) is 5.26 Å². The van der Waals surface area contributed by atoms with Crippen LogP contribution in [-0.2, 0) is 0 Å². The summed E-state index contributed by atoms with van der Waals surface area (Å²) in [5.41, 5.74) is 3.79. The van der Waals surface area contributed by atoms with Gasteiger partial charge in [0, 0.05) is 23.7 Å². The number of hydrogen-bond acceptors (Lipinski definition) is 6. The maximum absolute atomic E-state index is 11.3. The van der Waals surface area contributed by atoms with Gasteiger partial charge < -0.3 is 9.73 Å². The first kappa shape index (κ1) is 16.6. The lowest BCUT2D eigenvalue weighted by Gasteiger charge is -2.11. The highest BCUT2D eigenvalue weighted by Crippen LogP contribution is 2.25. The molecule has 0 aliphatic heterocycles. The lowest BCUT2D eigenvalue weighted by atomic mass is 10.1. The summed E-state index contributed by atoms with van der Waals surface area (Å²) in [7, 11) is 0. The zero-order valence-electron chi connectivity index (χ0n) is 14.7. The SMILES string of the molecule is CC(C)Nc1ccc(-c2c[n+](-c3ccc4oc(=O)[nH]c4c3)no2)cc1C#N. The van der Waals surface area contributed by atoms with E-state index in [4.69, 9.17) is 8.94 Å². The van der Waals surface area contributed by atoms with Crippen LogP contribution < -0.4 is 15.8 Å². The van der Waals surface area contributed by atoms with Crippen molar-refractivity contribution >= 4 is 16.8 Å². The minimum atomic E-state index is -0.507. The van der Waals surface area contributed by atoms with Crippen molar-refractivity contribution < 1.29 is 13.6 Å². The van der Waals surface area contributed by atoms with E-state index in [1.54, 1.807) is 35.1 Å². The van der Waals surface area contributed by atoms with Gasteiger partial charge in [-0.3, -0.25) is 9.51 Å². The second-order valence-electron chi connectivity index (χ2n) is 6.38. The molecule has 2 aromatic carbocycles. The van der Waals surface area contributed by atoms with E-state index in [-0.39, 0.29) is 6.04 Å². The fraction of sp³-hybridized carbons (Fsp3) is 0.158. The second-order valence-corrected chi connectivity index (χ2v) is 6.38. The lowest BCUT2D eigenvalue weighted by molar-refractivity contribution is -0.670. The first-order chi connectivity index (χ1) is 13.0. The van der Waals surface area contributed by atoms with Crippen LogP contribution in [0.15, 0.2) is 56.3 Å². The molecule has 134 valence electrons. The normalized spacial score (nSPS) is 11.0. The highest BCUT2D eigenvalue weighted by molar-refractivity contribution is 5.74. The van der Waals surface area contributed by atoms with Gasteiger partial charge in [0.15, 0.2) is 5.58 Å². The highest BCUT2D eigenvalue weighted by Gasteiger charge is 2.18. The van der Waals surface area contributed by atoms with E-state index >= 15 is 0 Å². The molecule has 8 heteroatoms. The van der Waals surface area contributed by atoms with E-state index in [1.165, 1.54) is 0 Å². The largest absolute Gasteiger partial charge is 0.417 e. The number of nitriles is 1. The van der Waals surface area contributed by atoms with Gasteiger partial charge >= 0.3 is 5.76 Å². The highest BCUT2D eigenvalue weighted by atomic mass is 16.5. The van der Waals surface area contributed by atoms with Crippen molar-refractivity contribution in [3.05, 3.63) is 58.7 Å². The molecule has 0 unspecified atom stereocenters. The summed E-state index contributed by atoms with van der Waals surface area (Å²) in [6.45, 7) is 4.02. The zero-order valence-corrected chi connectivity index (χ0v) is 14.7. The van der Waals surface area contributed by atoms with Gasteiger partial charge in [-0.05, 0) is 42.8 Å². The molecule has 27 heavy (non-hydrogen) atoms. The fourth-order valence-electron chi connectivity index (χ4n) is 2.80. The predicted molar refractivity (Wildman–Crippen MR) is 97.3 cm³/mol. The zero-order chi connectivity index (χ0) is 19.0. The summed E-state index contributed by atoms with van der Waals surface area (Å²) >= 11 is 0. The van der Waals surface area contributed by atoms with E-state index < -0.39 is 5.76 Å². The van der Waals surface area contributed by atoms with Crippen LogP contribution in [0.3, 0.4) is 0 Å². The Morgan fingerprint density at radius 1 is 1.26 bits per heavy atom. The third-order valence-corrected chi connectivity index (χ3v) is 4.00. The Balaban J connectivity index is 1.69.